The van der Waals surface area contributed by atoms with Gasteiger partial charge in [-0.15, -0.1) is 5.10 Å². The second kappa shape index (κ2) is 17.4. The number of azide groups is 3. The highest BCUT2D eigenvalue weighted by molar-refractivity contribution is 6.00. The number of fused-ring (bicyclic) bond motifs is 8. The molecule has 0 atom stereocenters. The van der Waals surface area contributed by atoms with E-state index in [0.29, 0.717) is 39.8 Å². The van der Waals surface area contributed by atoms with Crippen LogP contribution in [0.25, 0.3) is 139 Å². The van der Waals surface area contributed by atoms with Crippen LogP contribution in [0.2, 0.25) is 0 Å². The lowest BCUT2D eigenvalue weighted by atomic mass is 10.0. The largest absolute Gasteiger partial charge is 0.354 e. The first kappa shape index (κ1) is 40.5. The van der Waals surface area contributed by atoms with Gasteiger partial charge in [0, 0.05) is 81.7 Å². The van der Waals surface area contributed by atoms with E-state index in [9.17, 15) is 16.6 Å². The topological polar surface area (TPSA) is 234 Å². The number of hydrogen-bond acceptors (Lipinski definition) is 7. The van der Waals surface area contributed by atoms with E-state index >= 15 is 0 Å². The summed E-state index contributed by atoms with van der Waals surface area (Å²) in [5, 5.41) is 20.6. The Morgan fingerprint density at radius 2 is 0.809 bits per heavy atom. The molecule has 0 aliphatic carbocycles. The van der Waals surface area contributed by atoms with Crippen molar-refractivity contribution in [3.8, 4) is 61.5 Å². The number of hydrogen-bond donors (Lipinski definition) is 2. The Kier molecular flexibility index (Phi) is 10.4. The number of nitrogens with zero attached hydrogens (tertiary/aromatic N) is 14. The maximum atomic E-state index is 9.40. The van der Waals surface area contributed by atoms with Crippen molar-refractivity contribution in [2.24, 2.45) is 15.3 Å². The number of aromatic nitrogens is 7. The van der Waals surface area contributed by atoms with Gasteiger partial charge in [-0.1, -0.05) is 118 Å². The molecule has 16 nitrogen and oxygen atoms in total. The molecule has 9 aromatic rings. The highest BCUT2D eigenvalue weighted by Gasteiger charge is 2.20. The van der Waals surface area contributed by atoms with Crippen molar-refractivity contribution in [1.29, 1.82) is 0 Å². The summed E-state index contributed by atoms with van der Waals surface area (Å²) in [6.45, 7) is 0. The number of rotatable bonds is 9. The van der Waals surface area contributed by atoms with E-state index in [4.69, 9.17) is 9.97 Å². The molecule has 320 valence electrons. The Balaban J connectivity index is 1.22. The van der Waals surface area contributed by atoms with Gasteiger partial charge in [-0.2, -0.15) is 0 Å². The number of H-pyrrole nitrogens is 2. The fraction of sp³-hybridized carbons (Fsp3) is 0. The minimum absolute atomic E-state index is 0.442. The molecule has 0 radical (unpaired) electrons. The molecular weight excluding hydrogens is 849 g/mol. The van der Waals surface area contributed by atoms with Crippen LogP contribution >= 0.6 is 0 Å². The molecule has 0 amide bonds. The van der Waals surface area contributed by atoms with Crippen molar-refractivity contribution in [2.45, 2.75) is 0 Å². The second-order valence-electron chi connectivity index (χ2n) is 15.7. The monoisotopic (exact) mass is 880 g/mol. The van der Waals surface area contributed by atoms with Crippen molar-refractivity contribution in [2.75, 3.05) is 0 Å². The normalized spacial score (nSPS) is 11.4. The molecule has 68 heavy (non-hydrogen) atoms. The summed E-state index contributed by atoms with van der Waals surface area (Å²) in [5.41, 5.74) is 44.0. The maximum Gasteiger partial charge on any atom is 0.113 e. The Bertz CT molecular complexity index is 3820. The first-order valence-electron chi connectivity index (χ1n) is 21.2. The summed E-state index contributed by atoms with van der Waals surface area (Å²) < 4.78 is 1.75. The molecule has 2 N–H and O–H groups in total. The molecule has 4 aromatic heterocycles. The van der Waals surface area contributed by atoms with Gasteiger partial charge in [0.1, 0.15) is 5.69 Å². The van der Waals surface area contributed by atoms with Gasteiger partial charge in [0.25, 0.3) is 0 Å². The van der Waals surface area contributed by atoms with E-state index in [-0.39, 0.29) is 0 Å². The Morgan fingerprint density at radius 1 is 0.412 bits per heavy atom. The predicted octanol–water partition coefficient (Wildman–Crippen LogP) is 15.4. The SMILES string of the molecule is [N-]=[N+]=Nc1cccc(-c2c3nc(c(-c4cccc(N=[N+]=[N-])c4)c4ccc([nH]4)c(-c4cccc(N=[N+]=[N-])c4)c4nc(c(-c5ccc(-n6cc(-c7ccccc7)nn6)cc5)c5ccc2[nH]5)C=C4)C=C3)c1. The van der Waals surface area contributed by atoms with Crippen LogP contribution in [0.3, 0.4) is 0 Å². The summed E-state index contributed by atoms with van der Waals surface area (Å²) in [5.74, 6) is 0. The van der Waals surface area contributed by atoms with Crippen LogP contribution in [0.15, 0.2) is 173 Å². The quantitative estimate of drug-likeness (QED) is 0.0817. The standard InChI is InChI=1S/C52H32N16/c53-64-60-36-12-4-9-33(27-36)50-42-21-19-40(56-42)49(32-15-17-39(18-16-32)68-30-48(63-67-68)31-7-2-1-3-8-31)41-20-22-43(57-41)51(34-10-5-13-37(28-34)61-65-54)45-24-26-47(59-45)52(46-25-23-44(50)58-46)35-11-6-14-38(29-35)62-66-55/h1-30,56,59H. The van der Waals surface area contributed by atoms with Crippen molar-refractivity contribution in [1.82, 2.24) is 34.9 Å². The van der Waals surface area contributed by atoms with Gasteiger partial charge in [-0.05, 0) is 118 Å². The Hall–Kier alpha value is -10.2. The minimum Gasteiger partial charge on any atom is -0.354 e. The van der Waals surface area contributed by atoms with Crippen LogP contribution in [0.4, 0.5) is 17.1 Å². The fourth-order valence-corrected chi connectivity index (χ4v) is 8.66. The van der Waals surface area contributed by atoms with E-state index in [1.54, 1.807) is 22.9 Å². The van der Waals surface area contributed by atoms with Gasteiger partial charge < -0.3 is 9.97 Å². The first-order chi connectivity index (χ1) is 33.5. The third-order valence-electron chi connectivity index (χ3n) is 11.6. The Labute approximate surface area is 385 Å². The zero-order chi connectivity index (χ0) is 46.0. The molecule has 2 aliphatic rings. The van der Waals surface area contributed by atoms with Crippen LogP contribution in [0.5, 0.6) is 0 Å². The van der Waals surface area contributed by atoms with E-state index in [1.807, 2.05) is 164 Å². The van der Waals surface area contributed by atoms with Gasteiger partial charge in [0.15, 0.2) is 0 Å². The molecule has 11 rings (SSSR count). The summed E-state index contributed by atoms with van der Waals surface area (Å²) in [7, 11) is 0. The van der Waals surface area contributed by atoms with Crippen LogP contribution < -0.4 is 0 Å². The van der Waals surface area contributed by atoms with Crippen molar-refractivity contribution in [3.05, 3.63) is 212 Å². The number of nitrogens with one attached hydrogen (secondary N) is 2. The average molecular weight is 881 g/mol. The van der Waals surface area contributed by atoms with E-state index in [1.165, 1.54) is 0 Å². The highest BCUT2D eigenvalue weighted by atomic mass is 15.4. The molecule has 0 unspecified atom stereocenters. The van der Waals surface area contributed by atoms with Crippen LogP contribution in [-0.4, -0.2) is 34.9 Å². The molecule has 0 spiro atoms. The zero-order valence-corrected chi connectivity index (χ0v) is 35.6. The molecule has 16 heteroatoms. The highest BCUT2D eigenvalue weighted by Crippen LogP contribution is 2.40. The molecule has 0 saturated heterocycles. The molecule has 8 bridgehead atoms. The van der Waals surface area contributed by atoms with E-state index in [2.05, 4.69) is 50.4 Å². The molecule has 6 heterocycles. The lowest BCUT2D eigenvalue weighted by Gasteiger charge is -2.08. The van der Waals surface area contributed by atoms with Gasteiger partial charge >= 0.3 is 0 Å². The van der Waals surface area contributed by atoms with Crippen molar-refractivity contribution in [3.63, 3.8) is 0 Å². The summed E-state index contributed by atoms with van der Waals surface area (Å²) in [6.07, 6.45) is 9.81. The van der Waals surface area contributed by atoms with Crippen LogP contribution in [-0.2, 0) is 0 Å². The lowest BCUT2D eigenvalue weighted by Crippen LogP contribution is -1.95. The average Bonchev–Trinajstić information content (AvgIpc) is 4.24. The van der Waals surface area contributed by atoms with Crippen LogP contribution in [0.1, 0.15) is 22.8 Å². The van der Waals surface area contributed by atoms with Gasteiger partial charge in [-0.25, -0.2) is 14.6 Å². The fourth-order valence-electron chi connectivity index (χ4n) is 8.66. The zero-order valence-electron chi connectivity index (χ0n) is 35.6. The predicted molar refractivity (Wildman–Crippen MR) is 267 cm³/mol. The number of benzene rings is 5. The molecular formula is C52H32N16. The third kappa shape index (κ3) is 7.66. The van der Waals surface area contributed by atoms with E-state index in [0.717, 1.165) is 83.5 Å². The second-order valence-corrected chi connectivity index (χ2v) is 15.7. The Morgan fingerprint density at radius 3 is 1.22 bits per heavy atom. The smallest absolute Gasteiger partial charge is 0.113 e. The van der Waals surface area contributed by atoms with Gasteiger partial charge in [0.05, 0.1) is 34.7 Å². The van der Waals surface area contributed by atoms with Crippen molar-refractivity contribution < 1.29 is 0 Å². The third-order valence-corrected chi connectivity index (χ3v) is 11.6. The van der Waals surface area contributed by atoms with Crippen LogP contribution in [0, 0.1) is 0 Å². The molecule has 0 fully saturated rings. The number of aromatic amines is 2. The molecule has 0 saturated carbocycles. The van der Waals surface area contributed by atoms with Gasteiger partial charge in [-0.3, -0.25) is 0 Å². The molecule has 2 aliphatic heterocycles. The van der Waals surface area contributed by atoms with E-state index < -0.39 is 0 Å². The summed E-state index contributed by atoms with van der Waals surface area (Å²) in [6, 6.07) is 48.2. The summed E-state index contributed by atoms with van der Waals surface area (Å²) in [4.78, 5) is 27.3. The maximum absolute atomic E-state index is 9.40. The minimum atomic E-state index is 0.442. The summed E-state index contributed by atoms with van der Waals surface area (Å²) >= 11 is 0. The van der Waals surface area contributed by atoms with Gasteiger partial charge in [0.2, 0.25) is 0 Å². The lowest BCUT2D eigenvalue weighted by molar-refractivity contribution is 0.804. The van der Waals surface area contributed by atoms with Crippen molar-refractivity contribution >= 4 is 63.4 Å². The first-order valence-corrected chi connectivity index (χ1v) is 21.2. The molecule has 5 aromatic carbocycles.